The molecule has 0 radical (unpaired) electrons. The summed E-state index contributed by atoms with van der Waals surface area (Å²) in [5.74, 6) is 0.749. The van der Waals surface area contributed by atoms with Crippen LogP contribution in [0, 0.1) is 0 Å². The fourth-order valence-corrected chi connectivity index (χ4v) is 4.16. The summed E-state index contributed by atoms with van der Waals surface area (Å²) in [6.45, 7) is 4.97. The molecule has 0 N–H and O–H groups in total. The number of aromatic nitrogens is 2. The van der Waals surface area contributed by atoms with E-state index >= 15 is 0 Å². The molecule has 2 heterocycles. The monoisotopic (exact) mass is 405 g/mol. The minimum atomic E-state index is -0.228. The Hall–Kier alpha value is -3.12. The van der Waals surface area contributed by atoms with Crippen molar-refractivity contribution in [3.8, 4) is 5.75 Å². The zero-order valence-electron chi connectivity index (χ0n) is 17.5. The van der Waals surface area contributed by atoms with Gasteiger partial charge < -0.3 is 4.74 Å². The molecule has 6 nitrogen and oxygen atoms in total. The molecule has 0 atom stereocenters. The number of benzene rings is 2. The minimum absolute atomic E-state index is 0.173. The van der Waals surface area contributed by atoms with Gasteiger partial charge in [0.1, 0.15) is 5.75 Å². The van der Waals surface area contributed by atoms with E-state index in [0.29, 0.717) is 19.5 Å². The molecule has 1 aromatic heterocycles. The van der Waals surface area contributed by atoms with Crippen molar-refractivity contribution in [3.05, 3.63) is 97.8 Å². The van der Waals surface area contributed by atoms with Crippen molar-refractivity contribution in [2.45, 2.75) is 39.5 Å². The molecule has 0 bridgehead atoms. The van der Waals surface area contributed by atoms with E-state index in [1.807, 2.05) is 49.4 Å². The van der Waals surface area contributed by atoms with Gasteiger partial charge in [0, 0.05) is 38.3 Å². The molecular weight excluding hydrogens is 378 g/mol. The van der Waals surface area contributed by atoms with E-state index in [9.17, 15) is 9.59 Å². The van der Waals surface area contributed by atoms with E-state index in [-0.39, 0.29) is 17.8 Å². The number of hydrogen-bond acceptors (Lipinski definition) is 4. The first-order valence-electron chi connectivity index (χ1n) is 10.3. The minimum Gasteiger partial charge on any atom is -0.497 e. The molecule has 1 aliphatic rings. The molecular formula is C24H27N3O3. The average molecular weight is 405 g/mol. The predicted molar refractivity (Wildman–Crippen MR) is 117 cm³/mol. The van der Waals surface area contributed by atoms with Crippen LogP contribution < -0.4 is 16.0 Å². The highest BCUT2D eigenvalue weighted by atomic mass is 16.5. The van der Waals surface area contributed by atoms with E-state index < -0.39 is 0 Å². The highest BCUT2D eigenvalue weighted by Crippen LogP contribution is 2.18. The highest BCUT2D eigenvalue weighted by molar-refractivity contribution is 5.28. The summed E-state index contributed by atoms with van der Waals surface area (Å²) in [6.07, 6.45) is 0.712. The third-order valence-corrected chi connectivity index (χ3v) is 5.75. The quantitative estimate of drug-likeness (QED) is 0.633. The number of hydrogen-bond donors (Lipinski definition) is 0. The van der Waals surface area contributed by atoms with Crippen LogP contribution >= 0.6 is 0 Å². The van der Waals surface area contributed by atoms with Crippen molar-refractivity contribution in [2.75, 3.05) is 13.7 Å². The van der Waals surface area contributed by atoms with Gasteiger partial charge in [-0.05, 0) is 30.2 Å². The third-order valence-electron chi connectivity index (χ3n) is 5.75. The molecule has 3 aromatic rings. The van der Waals surface area contributed by atoms with Gasteiger partial charge in [0.15, 0.2) is 0 Å². The van der Waals surface area contributed by atoms with Gasteiger partial charge in [-0.3, -0.25) is 18.8 Å². The van der Waals surface area contributed by atoms with Crippen molar-refractivity contribution in [1.82, 2.24) is 14.0 Å². The first kappa shape index (κ1) is 20.2. The second kappa shape index (κ2) is 8.71. The summed E-state index contributed by atoms with van der Waals surface area (Å²) >= 11 is 0. The lowest BCUT2D eigenvalue weighted by molar-refractivity contribution is 0.236. The molecule has 4 rings (SSSR count). The van der Waals surface area contributed by atoms with Crippen LogP contribution in [0.25, 0.3) is 0 Å². The first-order valence-corrected chi connectivity index (χ1v) is 10.3. The third kappa shape index (κ3) is 3.96. The maximum absolute atomic E-state index is 13.3. The number of methoxy groups -OCH3 is 1. The number of nitrogens with zero attached hydrogens (tertiary/aromatic N) is 3. The van der Waals surface area contributed by atoms with E-state index in [1.54, 1.807) is 11.7 Å². The summed E-state index contributed by atoms with van der Waals surface area (Å²) in [5, 5.41) is 0. The lowest BCUT2D eigenvalue weighted by Crippen LogP contribution is -2.47. The number of rotatable bonds is 6. The number of ether oxygens (including phenoxy) is 1. The highest BCUT2D eigenvalue weighted by Gasteiger charge is 2.25. The lowest BCUT2D eigenvalue weighted by atomic mass is 10.0. The smallest absolute Gasteiger partial charge is 0.331 e. The first-order chi connectivity index (χ1) is 14.6. The number of fused-ring (bicyclic) bond motifs is 1. The van der Waals surface area contributed by atoms with Gasteiger partial charge in [-0.15, -0.1) is 0 Å². The Balaban J connectivity index is 1.68. The van der Waals surface area contributed by atoms with Gasteiger partial charge in [-0.25, -0.2) is 4.79 Å². The van der Waals surface area contributed by atoms with Gasteiger partial charge in [-0.1, -0.05) is 42.5 Å². The Bertz CT molecular complexity index is 1130. The molecule has 156 valence electrons. The van der Waals surface area contributed by atoms with E-state index in [1.165, 1.54) is 10.1 Å². The van der Waals surface area contributed by atoms with Crippen LogP contribution in [0.1, 0.15) is 29.3 Å². The van der Waals surface area contributed by atoms with Crippen LogP contribution in [-0.2, 0) is 32.6 Å². The molecule has 0 saturated heterocycles. The maximum atomic E-state index is 13.3. The molecule has 1 aliphatic heterocycles. The largest absolute Gasteiger partial charge is 0.497 e. The zero-order valence-corrected chi connectivity index (χ0v) is 17.5. The Morgan fingerprint density at radius 1 is 0.900 bits per heavy atom. The van der Waals surface area contributed by atoms with Crippen molar-refractivity contribution >= 4 is 0 Å². The van der Waals surface area contributed by atoms with Crippen LogP contribution in [-0.4, -0.2) is 27.7 Å². The van der Waals surface area contributed by atoms with Gasteiger partial charge in [0.25, 0.3) is 5.56 Å². The van der Waals surface area contributed by atoms with Gasteiger partial charge >= 0.3 is 5.69 Å². The van der Waals surface area contributed by atoms with E-state index in [4.69, 9.17) is 4.74 Å². The van der Waals surface area contributed by atoms with Crippen LogP contribution in [0.3, 0.4) is 0 Å². The second-order valence-corrected chi connectivity index (χ2v) is 7.64. The molecule has 30 heavy (non-hydrogen) atoms. The summed E-state index contributed by atoms with van der Waals surface area (Å²) in [6, 6.07) is 17.7. The Kier molecular flexibility index (Phi) is 5.86. The van der Waals surface area contributed by atoms with E-state index in [2.05, 4.69) is 17.0 Å². The molecule has 0 spiro atoms. The molecule has 2 aromatic carbocycles. The fourth-order valence-electron chi connectivity index (χ4n) is 4.16. The molecule has 0 fully saturated rings. The molecule has 0 amide bonds. The van der Waals surface area contributed by atoms with Crippen LogP contribution in [0.4, 0.5) is 0 Å². The van der Waals surface area contributed by atoms with Crippen molar-refractivity contribution in [2.24, 2.45) is 0 Å². The van der Waals surface area contributed by atoms with Gasteiger partial charge in [0.05, 0.1) is 19.2 Å². The van der Waals surface area contributed by atoms with Gasteiger partial charge in [-0.2, -0.15) is 0 Å². The van der Waals surface area contributed by atoms with Crippen molar-refractivity contribution < 1.29 is 4.74 Å². The normalized spacial score (nSPS) is 13.8. The SMILES string of the molecule is CCn1c2c(c(=O)n(Cc3ccc(OC)cc3)c1=O)CN(Cc1ccccc1)CC2. The Labute approximate surface area is 176 Å². The van der Waals surface area contributed by atoms with Crippen LogP contribution in [0.2, 0.25) is 0 Å². The fraction of sp³-hybridized carbons (Fsp3) is 0.333. The molecule has 0 unspecified atom stereocenters. The summed E-state index contributed by atoms with van der Waals surface area (Å²) in [4.78, 5) is 28.7. The van der Waals surface area contributed by atoms with Crippen molar-refractivity contribution in [3.63, 3.8) is 0 Å². The second-order valence-electron chi connectivity index (χ2n) is 7.64. The van der Waals surface area contributed by atoms with Gasteiger partial charge in [0.2, 0.25) is 0 Å². The Morgan fingerprint density at radius 3 is 2.27 bits per heavy atom. The Morgan fingerprint density at radius 2 is 1.60 bits per heavy atom. The summed E-state index contributed by atoms with van der Waals surface area (Å²) < 4.78 is 8.33. The van der Waals surface area contributed by atoms with E-state index in [0.717, 1.165) is 35.7 Å². The topological polar surface area (TPSA) is 56.5 Å². The average Bonchev–Trinajstić information content (AvgIpc) is 2.78. The van der Waals surface area contributed by atoms with Crippen LogP contribution in [0.5, 0.6) is 5.75 Å². The molecule has 6 heteroatoms. The lowest BCUT2D eigenvalue weighted by Gasteiger charge is -2.30. The summed E-state index contributed by atoms with van der Waals surface area (Å²) in [7, 11) is 1.62. The summed E-state index contributed by atoms with van der Waals surface area (Å²) in [5.41, 5.74) is 3.36. The standard InChI is InChI=1S/C24H27N3O3/c1-3-26-22-13-14-25(15-18-7-5-4-6-8-18)17-21(22)23(28)27(24(26)29)16-19-9-11-20(30-2)12-10-19/h4-12H,3,13-17H2,1-2H3. The maximum Gasteiger partial charge on any atom is 0.331 e. The van der Waals surface area contributed by atoms with Crippen LogP contribution in [0.15, 0.2) is 64.2 Å². The molecule has 0 saturated carbocycles. The van der Waals surface area contributed by atoms with Crippen molar-refractivity contribution in [1.29, 1.82) is 0 Å². The predicted octanol–water partition coefficient (Wildman–Crippen LogP) is 2.65. The molecule has 0 aliphatic carbocycles. The zero-order chi connectivity index (χ0) is 21.1.